The molecule has 0 bridgehead atoms. The smallest absolute Gasteiger partial charge is 0.0881 e. The van der Waals surface area contributed by atoms with E-state index in [1.54, 1.807) is 7.11 Å². The number of hydrogen-bond donors (Lipinski definition) is 2. The number of methoxy groups -OCH3 is 1. The second kappa shape index (κ2) is 4.99. The van der Waals surface area contributed by atoms with Crippen molar-refractivity contribution < 1.29 is 4.74 Å². The highest BCUT2D eigenvalue weighted by Gasteiger charge is 2.05. The molecule has 2 N–H and O–H groups in total. The van der Waals surface area contributed by atoms with E-state index in [4.69, 9.17) is 4.74 Å². The van der Waals surface area contributed by atoms with Gasteiger partial charge in [0.1, 0.15) is 0 Å². The first-order valence-electron chi connectivity index (χ1n) is 5.49. The Labute approximate surface area is 95.0 Å². The number of rotatable bonds is 5. The molecular weight excluding hydrogens is 202 g/mol. The second-order valence-electron chi connectivity index (χ2n) is 3.97. The van der Waals surface area contributed by atoms with Crippen LogP contribution < -0.4 is 5.32 Å². The first-order valence-corrected chi connectivity index (χ1v) is 5.49. The Morgan fingerprint density at radius 3 is 3.19 bits per heavy atom. The number of nitrogens with zero attached hydrogens (tertiary/aromatic N) is 1. The van der Waals surface area contributed by atoms with Crippen LogP contribution in [0.4, 0.5) is 5.69 Å². The number of aromatic nitrogens is 2. The molecule has 1 aromatic heterocycles. The molecular formula is C12H17N3O. The van der Waals surface area contributed by atoms with Gasteiger partial charge in [-0.05, 0) is 19.4 Å². The van der Waals surface area contributed by atoms with Gasteiger partial charge in [0.05, 0.1) is 17.4 Å². The Balaban J connectivity index is 2.11. The second-order valence-corrected chi connectivity index (χ2v) is 3.97. The summed E-state index contributed by atoms with van der Waals surface area (Å²) >= 11 is 0. The first-order chi connectivity index (χ1) is 7.81. The summed E-state index contributed by atoms with van der Waals surface area (Å²) in [7, 11) is 1.72. The lowest BCUT2D eigenvalue weighted by Gasteiger charge is -2.15. The minimum absolute atomic E-state index is 0.383. The molecule has 1 atom stereocenters. The average Bonchev–Trinajstić information content (AvgIpc) is 2.75. The number of aromatic amines is 1. The minimum atomic E-state index is 0.383. The van der Waals surface area contributed by atoms with Gasteiger partial charge in [-0.3, -0.25) is 5.10 Å². The molecule has 0 saturated carbocycles. The summed E-state index contributed by atoms with van der Waals surface area (Å²) in [4.78, 5) is 0. The van der Waals surface area contributed by atoms with Gasteiger partial charge in [0.2, 0.25) is 0 Å². The van der Waals surface area contributed by atoms with Gasteiger partial charge in [0, 0.05) is 25.1 Å². The van der Waals surface area contributed by atoms with Crippen molar-refractivity contribution in [2.75, 3.05) is 19.0 Å². The molecule has 1 aromatic carbocycles. The summed E-state index contributed by atoms with van der Waals surface area (Å²) in [5, 5.41) is 11.6. The molecule has 16 heavy (non-hydrogen) atoms. The predicted molar refractivity (Wildman–Crippen MR) is 65.7 cm³/mol. The maximum Gasteiger partial charge on any atom is 0.0881 e. The van der Waals surface area contributed by atoms with Crippen molar-refractivity contribution in [3.05, 3.63) is 24.4 Å². The quantitative estimate of drug-likeness (QED) is 0.811. The van der Waals surface area contributed by atoms with Crippen molar-refractivity contribution in [1.29, 1.82) is 0 Å². The fourth-order valence-corrected chi connectivity index (χ4v) is 1.72. The molecule has 0 amide bonds. The third-order valence-corrected chi connectivity index (χ3v) is 2.63. The zero-order chi connectivity index (χ0) is 11.4. The van der Waals surface area contributed by atoms with Crippen LogP contribution in [-0.4, -0.2) is 30.0 Å². The van der Waals surface area contributed by atoms with E-state index in [1.165, 1.54) is 0 Å². The molecule has 0 aliphatic rings. The van der Waals surface area contributed by atoms with Crippen molar-refractivity contribution in [3.63, 3.8) is 0 Å². The molecule has 4 heteroatoms. The van der Waals surface area contributed by atoms with Crippen molar-refractivity contribution in [1.82, 2.24) is 10.2 Å². The number of nitrogens with one attached hydrogen (secondary N) is 2. The summed E-state index contributed by atoms with van der Waals surface area (Å²) in [6, 6.07) is 6.52. The van der Waals surface area contributed by atoms with Gasteiger partial charge in [-0.25, -0.2) is 0 Å². The fraction of sp³-hybridized carbons (Fsp3) is 0.417. The molecule has 2 aromatic rings. The van der Waals surface area contributed by atoms with Crippen LogP contribution in [0.25, 0.3) is 10.9 Å². The zero-order valence-corrected chi connectivity index (χ0v) is 9.66. The van der Waals surface area contributed by atoms with E-state index in [1.807, 2.05) is 18.3 Å². The maximum absolute atomic E-state index is 5.06. The van der Waals surface area contributed by atoms with E-state index >= 15 is 0 Å². The third kappa shape index (κ3) is 2.33. The molecule has 0 aliphatic heterocycles. The van der Waals surface area contributed by atoms with E-state index in [0.29, 0.717) is 6.04 Å². The van der Waals surface area contributed by atoms with Gasteiger partial charge in [-0.1, -0.05) is 12.1 Å². The number of H-pyrrole nitrogens is 1. The molecule has 2 rings (SSSR count). The topological polar surface area (TPSA) is 49.9 Å². The van der Waals surface area contributed by atoms with E-state index < -0.39 is 0 Å². The van der Waals surface area contributed by atoms with E-state index in [-0.39, 0.29) is 0 Å². The summed E-state index contributed by atoms with van der Waals surface area (Å²) in [5.74, 6) is 0. The normalized spacial score (nSPS) is 12.9. The number of ether oxygens (including phenoxy) is 1. The number of para-hydroxylation sites is 1. The van der Waals surface area contributed by atoms with Gasteiger partial charge in [-0.2, -0.15) is 5.10 Å². The van der Waals surface area contributed by atoms with E-state index in [0.717, 1.165) is 29.6 Å². The lowest BCUT2D eigenvalue weighted by atomic mass is 10.2. The molecule has 4 nitrogen and oxygen atoms in total. The van der Waals surface area contributed by atoms with Crippen LogP contribution in [0.1, 0.15) is 13.3 Å². The van der Waals surface area contributed by atoms with Gasteiger partial charge in [0.25, 0.3) is 0 Å². The Bertz CT molecular complexity index is 452. The number of benzene rings is 1. The Morgan fingerprint density at radius 2 is 2.38 bits per heavy atom. The van der Waals surface area contributed by atoms with Crippen molar-refractivity contribution >= 4 is 16.6 Å². The molecule has 0 radical (unpaired) electrons. The van der Waals surface area contributed by atoms with Crippen LogP contribution in [0.2, 0.25) is 0 Å². The molecule has 86 valence electrons. The fourth-order valence-electron chi connectivity index (χ4n) is 1.72. The van der Waals surface area contributed by atoms with Crippen LogP contribution in [-0.2, 0) is 4.74 Å². The highest BCUT2D eigenvalue weighted by molar-refractivity contribution is 5.89. The number of anilines is 1. The Morgan fingerprint density at radius 1 is 1.50 bits per heavy atom. The van der Waals surface area contributed by atoms with Gasteiger partial charge in [0.15, 0.2) is 0 Å². The van der Waals surface area contributed by atoms with Crippen molar-refractivity contribution in [3.8, 4) is 0 Å². The van der Waals surface area contributed by atoms with Crippen LogP contribution >= 0.6 is 0 Å². The van der Waals surface area contributed by atoms with Gasteiger partial charge < -0.3 is 10.1 Å². The largest absolute Gasteiger partial charge is 0.385 e. The zero-order valence-electron chi connectivity index (χ0n) is 9.66. The highest BCUT2D eigenvalue weighted by Crippen LogP contribution is 2.21. The number of fused-ring (bicyclic) bond motifs is 1. The molecule has 0 aliphatic carbocycles. The minimum Gasteiger partial charge on any atom is -0.385 e. The molecule has 0 fully saturated rings. The monoisotopic (exact) mass is 219 g/mol. The van der Waals surface area contributed by atoms with Crippen molar-refractivity contribution in [2.45, 2.75) is 19.4 Å². The first kappa shape index (κ1) is 11.0. The maximum atomic E-state index is 5.06. The summed E-state index contributed by atoms with van der Waals surface area (Å²) in [5.41, 5.74) is 2.16. The molecule has 1 unspecified atom stereocenters. The van der Waals surface area contributed by atoms with E-state index in [2.05, 4.69) is 28.5 Å². The van der Waals surface area contributed by atoms with Crippen LogP contribution in [0.15, 0.2) is 24.4 Å². The average molecular weight is 219 g/mol. The Hall–Kier alpha value is -1.55. The number of hydrogen-bond acceptors (Lipinski definition) is 3. The van der Waals surface area contributed by atoms with Gasteiger partial charge in [-0.15, -0.1) is 0 Å². The van der Waals surface area contributed by atoms with Crippen molar-refractivity contribution in [2.24, 2.45) is 0 Å². The summed E-state index contributed by atoms with van der Waals surface area (Å²) in [6.45, 7) is 2.92. The van der Waals surface area contributed by atoms with E-state index in [9.17, 15) is 0 Å². The molecule has 1 heterocycles. The van der Waals surface area contributed by atoms with Crippen LogP contribution in [0.5, 0.6) is 0 Å². The van der Waals surface area contributed by atoms with Crippen LogP contribution in [0, 0.1) is 0 Å². The lowest BCUT2D eigenvalue weighted by Crippen LogP contribution is -2.17. The van der Waals surface area contributed by atoms with Gasteiger partial charge >= 0.3 is 0 Å². The SMILES string of the molecule is COCCC(C)Nc1cccc2cn[nH]c12. The molecule has 0 spiro atoms. The third-order valence-electron chi connectivity index (χ3n) is 2.63. The summed E-state index contributed by atoms with van der Waals surface area (Å²) < 4.78 is 5.06. The predicted octanol–water partition coefficient (Wildman–Crippen LogP) is 2.40. The lowest BCUT2D eigenvalue weighted by molar-refractivity contribution is 0.191. The van der Waals surface area contributed by atoms with Crippen LogP contribution in [0.3, 0.4) is 0 Å². The standard InChI is InChI=1S/C12H17N3O/c1-9(6-7-16-2)14-11-5-3-4-10-8-13-15-12(10)11/h3-5,8-9,14H,6-7H2,1-2H3,(H,13,15). The highest BCUT2D eigenvalue weighted by atomic mass is 16.5. The molecule has 0 saturated heterocycles. The Kier molecular flexibility index (Phi) is 3.41. The summed E-state index contributed by atoms with van der Waals surface area (Å²) in [6.07, 6.45) is 2.82.